The summed E-state index contributed by atoms with van der Waals surface area (Å²) < 4.78 is 0. The molecule has 0 radical (unpaired) electrons. The van der Waals surface area contributed by atoms with Crippen LogP contribution in [0.15, 0.2) is 0 Å². The molecule has 0 aromatic heterocycles. The summed E-state index contributed by atoms with van der Waals surface area (Å²) in [6, 6.07) is 0.360. The fourth-order valence-electron chi connectivity index (χ4n) is 2.97. The Morgan fingerprint density at radius 3 is 2.44 bits per heavy atom. The molecule has 0 heterocycles. The van der Waals surface area contributed by atoms with E-state index in [-0.39, 0.29) is 5.41 Å². The van der Waals surface area contributed by atoms with E-state index in [9.17, 15) is 4.79 Å². The van der Waals surface area contributed by atoms with Gasteiger partial charge in [-0.25, -0.2) is 0 Å². The van der Waals surface area contributed by atoms with Crippen LogP contribution in [0.3, 0.4) is 0 Å². The molecule has 0 saturated heterocycles. The van der Waals surface area contributed by atoms with Gasteiger partial charge >= 0.3 is 0 Å². The second-order valence-corrected chi connectivity index (χ2v) is 6.82. The van der Waals surface area contributed by atoms with E-state index >= 15 is 0 Å². The first-order chi connectivity index (χ1) is 7.62. The van der Waals surface area contributed by atoms with Gasteiger partial charge < -0.3 is 5.32 Å². The van der Waals surface area contributed by atoms with Crippen molar-refractivity contribution in [1.29, 1.82) is 0 Å². The molecule has 2 atom stereocenters. The summed E-state index contributed by atoms with van der Waals surface area (Å²) in [7, 11) is 0. The minimum absolute atomic E-state index is 0.0792. The van der Waals surface area contributed by atoms with Gasteiger partial charge in [0.05, 0.1) is 0 Å². The summed E-state index contributed by atoms with van der Waals surface area (Å²) >= 11 is 3.69. The number of nitrogens with one attached hydrogen (secondary N) is 1. The van der Waals surface area contributed by atoms with Gasteiger partial charge in [-0.05, 0) is 25.7 Å². The smallest absolute Gasteiger partial charge is 0.226 e. The van der Waals surface area contributed by atoms with E-state index in [0.717, 1.165) is 19.3 Å². The molecule has 1 amide bonds. The van der Waals surface area contributed by atoms with Gasteiger partial charge in [0.25, 0.3) is 0 Å². The highest BCUT2D eigenvalue weighted by molar-refractivity contribution is 9.09. The van der Waals surface area contributed by atoms with Crippen molar-refractivity contribution in [2.45, 2.75) is 69.2 Å². The monoisotopic (exact) mass is 287 g/mol. The summed E-state index contributed by atoms with van der Waals surface area (Å²) in [4.78, 5) is 12.7. The summed E-state index contributed by atoms with van der Waals surface area (Å²) in [5, 5.41) is 3.27. The number of hydrogen-bond acceptors (Lipinski definition) is 1. The molecule has 2 saturated carbocycles. The van der Waals surface area contributed by atoms with Crippen molar-refractivity contribution in [1.82, 2.24) is 5.32 Å². The summed E-state index contributed by atoms with van der Waals surface area (Å²) in [6.45, 7) is 2.13. The van der Waals surface area contributed by atoms with Crippen LogP contribution in [0.4, 0.5) is 0 Å². The van der Waals surface area contributed by atoms with Crippen LogP contribution in [0.1, 0.15) is 58.3 Å². The number of halogens is 1. The summed E-state index contributed by atoms with van der Waals surface area (Å²) in [5.41, 5.74) is -0.0792. The van der Waals surface area contributed by atoms with Crippen LogP contribution in [0, 0.1) is 5.41 Å². The van der Waals surface area contributed by atoms with Gasteiger partial charge in [-0.3, -0.25) is 4.79 Å². The zero-order valence-electron chi connectivity index (χ0n) is 10.1. The first-order valence-electron chi connectivity index (χ1n) is 6.57. The SMILES string of the molecule is CC1(C(=O)NC2CCCCC2Br)CCCC1. The Morgan fingerprint density at radius 2 is 1.81 bits per heavy atom. The second kappa shape index (κ2) is 5.07. The van der Waals surface area contributed by atoms with E-state index < -0.39 is 0 Å². The normalized spacial score (nSPS) is 33.6. The Hall–Kier alpha value is -0.0500. The quantitative estimate of drug-likeness (QED) is 0.775. The largest absolute Gasteiger partial charge is 0.352 e. The van der Waals surface area contributed by atoms with Crippen LogP contribution < -0.4 is 5.32 Å². The molecule has 2 rings (SSSR count). The first-order valence-corrected chi connectivity index (χ1v) is 7.48. The van der Waals surface area contributed by atoms with Crippen molar-refractivity contribution >= 4 is 21.8 Å². The van der Waals surface area contributed by atoms with Crippen LogP contribution in [0.5, 0.6) is 0 Å². The van der Waals surface area contributed by atoms with Crippen molar-refractivity contribution in [3.8, 4) is 0 Å². The number of alkyl halides is 1. The van der Waals surface area contributed by atoms with E-state index in [4.69, 9.17) is 0 Å². The summed E-state index contributed by atoms with van der Waals surface area (Å²) in [5.74, 6) is 0.293. The van der Waals surface area contributed by atoms with Crippen LogP contribution in [0.25, 0.3) is 0 Å². The van der Waals surface area contributed by atoms with Gasteiger partial charge in [0.1, 0.15) is 0 Å². The third kappa shape index (κ3) is 2.61. The molecule has 16 heavy (non-hydrogen) atoms. The highest BCUT2D eigenvalue weighted by atomic mass is 79.9. The van der Waals surface area contributed by atoms with Crippen molar-refractivity contribution in [3.05, 3.63) is 0 Å². The lowest BCUT2D eigenvalue weighted by molar-refractivity contribution is -0.130. The van der Waals surface area contributed by atoms with E-state index in [0.29, 0.717) is 16.8 Å². The molecule has 0 aromatic rings. The molecule has 1 N–H and O–H groups in total. The number of rotatable bonds is 2. The van der Waals surface area contributed by atoms with Crippen molar-refractivity contribution in [2.24, 2.45) is 5.41 Å². The maximum absolute atomic E-state index is 12.2. The molecular formula is C13H22BrNO. The van der Waals surface area contributed by atoms with Crippen LogP contribution in [0.2, 0.25) is 0 Å². The maximum atomic E-state index is 12.2. The van der Waals surface area contributed by atoms with Crippen molar-refractivity contribution in [3.63, 3.8) is 0 Å². The fraction of sp³-hybridized carbons (Fsp3) is 0.923. The maximum Gasteiger partial charge on any atom is 0.226 e. The zero-order chi connectivity index (χ0) is 11.6. The number of carbonyl (C=O) groups excluding carboxylic acids is 1. The van der Waals surface area contributed by atoms with E-state index in [2.05, 4.69) is 28.2 Å². The minimum Gasteiger partial charge on any atom is -0.352 e. The van der Waals surface area contributed by atoms with Crippen LogP contribution in [-0.4, -0.2) is 16.8 Å². The number of amides is 1. The van der Waals surface area contributed by atoms with Crippen molar-refractivity contribution in [2.75, 3.05) is 0 Å². The number of hydrogen-bond donors (Lipinski definition) is 1. The van der Waals surface area contributed by atoms with Gasteiger partial charge in [0, 0.05) is 16.3 Å². The Kier molecular flexibility index (Phi) is 3.93. The van der Waals surface area contributed by atoms with E-state index in [1.807, 2.05) is 0 Å². The van der Waals surface area contributed by atoms with E-state index in [1.165, 1.54) is 32.1 Å². The average molecular weight is 288 g/mol. The Labute approximate surface area is 107 Å². The molecule has 0 bridgehead atoms. The second-order valence-electron chi connectivity index (χ2n) is 5.65. The molecule has 0 aromatic carbocycles. The minimum atomic E-state index is -0.0792. The third-order valence-electron chi connectivity index (χ3n) is 4.25. The number of carbonyl (C=O) groups is 1. The first kappa shape index (κ1) is 12.4. The predicted octanol–water partition coefficient (Wildman–Crippen LogP) is 3.39. The lowest BCUT2D eigenvalue weighted by Crippen LogP contribution is -2.47. The predicted molar refractivity (Wildman–Crippen MR) is 69.7 cm³/mol. The molecule has 0 aliphatic heterocycles. The Morgan fingerprint density at radius 1 is 1.19 bits per heavy atom. The van der Waals surface area contributed by atoms with Gasteiger partial charge in [0.15, 0.2) is 0 Å². The molecule has 2 unspecified atom stereocenters. The lowest BCUT2D eigenvalue weighted by Gasteiger charge is -2.32. The molecule has 2 nitrogen and oxygen atoms in total. The Balaban J connectivity index is 1.90. The third-order valence-corrected chi connectivity index (χ3v) is 5.35. The summed E-state index contributed by atoms with van der Waals surface area (Å²) in [6.07, 6.45) is 9.44. The van der Waals surface area contributed by atoms with Gasteiger partial charge in [-0.15, -0.1) is 0 Å². The Bertz CT molecular complexity index is 261. The average Bonchev–Trinajstić information content (AvgIpc) is 2.70. The lowest BCUT2D eigenvalue weighted by atomic mass is 9.86. The van der Waals surface area contributed by atoms with Crippen molar-refractivity contribution < 1.29 is 4.79 Å². The van der Waals surface area contributed by atoms with Crippen LogP contribution >= 0.6 is 15.9 Å². The molecule has 2 aliphatic carbocycles. The highest BCUT2D eigenvalue weighted by Gasteiger charge is 2.38. The molecule has 0 spiro atoms. The van der Waals surface area contributed by atoms with Gasteiger partial charge in [-0.1, -0.05) is 48.5 Å². The highest BCUT2D eigenvalue weighted by Crippen LogP contribution is 2.38. The van der Waals surface area contributed by atoms with Crippen LogP contribution in [-0.2, 0) is 4.79 Å². The fourth-order valence-corrected chi connectivity index (χ4v) is 3.69. The standard InChI is InChI=1S/C13H22BrNO/c1-13(8-4-5-9-13)12(16)15-11-7-3-2-6-10(11)14/h10-11H,2-9H2,1H3,(H,15,16). The zero-order valence-corrected chi connectivity index (χ0v) is 11.7. The van der Waals surface area contributed by atoms with Gasteiger partial charge in [-0.2, -0.15) is 0 Å². The van der Waals surface area contributed by atoms with E-state index in [1.54, 1.807) is 0 Å². The molecular weight excluding hydrogens is 266 g/mol. The molecule has 2 aliphatic rings. The topological polar surface area (TPSA) is 29.1 Å². The molecule has 92 valence electrons. The molecule has 3 heteroatoms. The van der Waals surface area contributed by atoms with Gasteiger partial charge in [0.2, 0.25) is 5.91 Å². The molecule has 2 fully saturated rings.